The number of rotatable bonds is 1. The van der Waals surface area contributed by atoms with Crippen LogP contribution in [0.5, 0.6) is 0 Å². The summed E-state index contributed by atoms with van der Waals surface area (Å²) in [5.41, 5.74) is 0. The zero-order chi connectivity index (χ0) is 9.71. The summed E-state index contributed by atoms with van der Waals surface area (Å²) in [6.07, 6.45) is 7.41. The molecule has 0 heterocycles. The first-order valence-electron chi connectivity index (χ1n) is 5.65. The third-order valence-electron chi connectivity index (χ3n) is 4.62. The Hall–Kier alpha value is 0.240. The van der Waals surface area contributed by atoms with Gasteiger partial charge in [0, 0.05) is 0 Å². The molecular formula is C11H16OS2. The molecule has 0 aliphatic heterocycles. The van der Waals surface area contributed by atoms with E-state index in [0.717, 1.165) is 23.7 Å². The maximum atomic E-state index is 5.65. The molecule has 3 aliphatic rings. The molecule has 3 aliphatic carbocycles. The molecule has 0 N–H and O–H groups in total. The van der Waals surface area contributed by atoms with Crippen LogP contribution in [0.15, 0.2) is 0 Å². The summed E-state index contributed by atoms with van der Waals surface area (Å²) < 4.78 is 6.09. The predicted octanol–water partition coefficient (Wildman–Crippen LogP) is 3.04. The van der Waals surface area contributed by atoms with Crippen molar-refractivity contribution < 1.29 is 4.74 Å². The second kappa shape index (κ2) is 3.38. The topological polar surface area (TPSA) is 9.23 Å². The molecule has 78 valence electrons. The minimum atomic E-state index is 0.407. The predicted molar refractivity (Wildman–Crippen MR) is 63.5 cm³/mol. The van der Waals surface area contributed by atoms with Crippen molar-refractivity contribution in [2.24, 2.45) is 23.7 Å². The van der Waals surface area contributed by atoms with Crippen LogP contribution in [0.25, 0.3) is 0 Å². The number of thiol groups is 1. The average molecular weight is 228 g/mol. The van der Waals surface area contributed by atoms with Crippen LogP contribution in [0.1, 0.15) is 32.1 Å². The van der Waals surface area contributed by atoms with Crippen LogP contribution in [0.4, 0.5) is 0 Å². The van der Waals surface area contributed by atoms with Crippen LogP contribution in [-0.2, 0) is 4.74 Å². The van der Waals surface area contributed by atoms with E-state index in [4.69, 9.17) is 17.0 Å². The molecular weight excluding hydrogens is 212 g/mol. The van der Waals surface area contributed by atoms with Crippen molar-refractivity contribution in [3.63, 3.8) is 0 Å². The summed E-state index contributed by atoms with van der Waals surface area (Å²) in [5.74, 6) is 3.74. The molecule has 0 radical (unpaired) electrons. The van der Waals surface area contributed by atoms with Crippen molar-refractivity contribution in [3.8, 4) is 0 Å². The third-order valence-corrected chi connectivity index (χ3v) is 4.82. The molecule has 0 unspecified atom stereocenters. The lowest BCUT2D eigenvalue weighted by Gasteiger charge is -2.31. The summed E-state index contributed by atoms with van der Waals surface area (Å²) in [6, 6.07) is 0. The molecule has 3 rings (SSSR count). The Morgan fingerprint density at radius 2 is 1.93 bits per heavy atom. The van der Waals surface area contributed by atoms with Gasteiger partial charge in [-0.25, -0.2) is 0 Å². The van der Waals surface area contributed by atoms with E-state index in [0.29, 0.717) is 10.5 Å². The van der Waals surface area contributed by atoms with Crippen LogP contribution in [0, 0.1) is 23.7 Å². The van der Waals surface area contributed by atoms with E-state index < -0.39 is 0 Å². The van der Waals surface area contributed by atoms with Crippen molar-refractivity contribution >= 4 is 29.2 Å². The zero-order valence-corrected chi connectivity index (χ0v) is 9.90. The summed E-state index contributed by atoms with van der Waals surface area (Å²) in [7, 11) is 0. The van der Waals surface area contributed by atoms with Gasteiger partial charge in [0.2, 0.25) is 4.38 Å². The highest BCUT2D eigenvalue weighted by atomic mass is 32.1. The van der Waals surface area contributed by atoms with Gasteiger partial charge in [0.05, 0.1) is 0 Å². The normalized spacial score (nSPS) is 49.4. The number of hydrogen-bond donors (Lipinski definition) is 1. The van der Waals surface area contributed by atoms with Crippen LogP contribution < -0.4 is 0 Å². The van der Waals surface area contributed by atoms with Crippen molar-refractivity contribution in [3.05, 3.63) is 0 Å². The molecule has 0 aromatic rings. The van der Waals surface area contributed by atoms with Gasteiger partial charge in [-0.1, -0.05) is 19.0 Å². The summed E-state index contributed by atoms with van der Waals surface area (Å²) >= 11 is 8.98. The molecule has 0 aromatic carbocycles. The molecule has 0 amide bonds. The minimum absolute atomic E-state index is 0.407. The van der Waals surface area contributed by atoms with Gasteiger partial charge in [-0.15, -0.1) is 0 Å². The fourth-order valence-corrected chi connectivity index (χ4v) is 4.53. The highest BCUT2D eigenvalue weighted by Gasteiger charge is 2.54. The Bertz CT molecular complexity index is 266. The average Bonchev–Trinajstić information content (AvgIpc) is 2.68. The van der Waals surface area contributed by atoms with E-state index in [-0.39, 0.29) is 0 Å². The smallest absolute Gasteiger partial charge is 0.217 e. The molecule has 5 atom stereocenters. The lowest BCUT2D eigenvalue weighted by atomic mass is 9.80. The van der Waals surface area contributed by atoms with E-state index in [9.17, 15) is 0 Å². The van der Waals surface area contributed by atoms with Crippen LogP contribution >= 0.6 is 24.8 Å². The van der Waals surface area contributed by atoms with Gasteiger partial charge in [-0.05, 0) is 61.6 Å². The number of ether oxygens (including phenoxy) is 1. The second-order valence-electron chi connectivity index (χ2n) is 5.08. The SMILES string of the molecule is S=C(S)O[C@H]1C[C@H]2C[C@@H]1[C@H]1CCC[C@@H]21. The van der Waals surface area contributed by atoms with Gasteiger partial charge in [-0.2, -0.15) is 0 Å². The quantitative estimate of drug-likeness (QED) is 0.545. The van der Waals surface area contributed by atoms with Gasteiger partial charge < -0.3 is 4.74 Å². The van der Waals surface area contributed by atoms with E-state index in [2.05, 4.69) is 12.6 Å². The highest BCUT2D eigenvalue weighted by molar-refractivity contribution is 8.10. The number of fused-ring (bicyclic) bond motifs is 5. The van der Waals surface area contributed by atoms with Crippen LogP contribution in [0.3, 0.4) is 0 Å². The largest absolute Gasteiger partial charge is 0.475 e. The third kappa shape index (κ3) is 1.32. The highest BCUT2D eigenvalue weighted by Crippen LogP contribution is 2.59. The van der Waals surface area contributed by atoms with Crippen molar-refractivity contribution in [2.45, 2.75) is 38.2 Å². The van der Waals surface area contributed by atoms with Gasteiger partial charge in [0.1, 0.15) is 6.10 Å². The molecule has 14 heavy (non-hydrogen) atoms. The Labute approximate surface area is 96.0 Å². The van der Waals surface area contributed by atoms with E-state index in [1.54, 1.807) is 0 Å². The second-order valence-corrected chi connectivity index (χ2v) is 6.16. The lowest BCUT2D eigenvalue weighted by molar-refractivity contribution is 0.0814. The molecule has 0 saturated heterocycles. The summed E-state index contributed by atoms with van der Waals surface area (Å²) in [4.78, 5) is 0. The van der Waals surface area contributed by atoms with Crippen molar-refractivity contribution in [1.82, 2.24) is 0 Å². The standard InChI is InChI=1S/C11H16OS2/c13-11(14)12-10-5-6-4-9(10)8-3-1-2-7(6)8/h6-10H,1-5H2,(H,13,14)/t6-,7+,8+,9-,10+/m1/s1. The fourth-order valence-electron chi connectivity index (χ4n) is 4.27. The fraction of sp³-hybridized carbons (Fsp3) is 0.909. The number of hydrogen-bond acceptors (Lipinski definition) is 2. The summed E-state index contributed by atoms with van der Waals surface area (Å²) in [6.45, 7) is 0. The van der Waals surface area contributed by atoms with E-state index in [1.807, 2.05) is 0 Å². The Morgan fingerprint density at radius 3 is 2.71 bits per heavy atom. The Kier molecular flexibility index (Phi) is 2.28. The first-order chi connectivity index (χ1) is 6.75. The molecule has 0 spiro atoms. The molecule has 1 nitrogen and oxygen atoms in total. The first-order valence-corrected chi connectivity index (χ1v) is 6.51. The van der Waals surface area contributed by atoms with Crippen LogP contribution in [-0.4, -0.2) is 10.5 Å². The summed E-state index contributed by atoms with van der Waals surface area (Å²) in [5, 5.41) is 0. The van der Waals surface area contributed by atoms with E-state index in [1.165, 1.54) is 32.1 Å². The molecule has 3 fully saturated rings. The maximum Gasteiger partial charge on any atom is 0.217 e. The Morgan fingerprint density at radius 1 is 1.14 bits per heavy atom. The van der Waals surface area contributed by atoms with Gasteiger partial charge in [-0.3, -0.25) is 0 Å². The molecule has 0 aromatic heterocycles. The zero-order valence-electron chi connectivity index (χ0n) is 8.19. The van der Waals surface area contributed by atoms with Gasteiger partial charge in [0.15, 0.2) is 0 Å². The molecule has 3 heteroatoms. The monoisotopic (exact) mass is 228 g/mol. The first kappa shape index (κ1) is 9.46. The molecule has 3 saturated carbocycles. The maximum absolute atomic E-state index is 5.65. The Balaban J connectivity index is 1.73. The number of thiocarbonyl (C=S) groups is 1. The van der Waals surface area contributed by atoms with Crippen molar-refractivity contribution in [1.29, 1.82) is 0 Å². The minimum Gasteiger partial charge on any atom is -0.475 e. The van der Waals surface area contributed by atoms with Gasteiger partial charge in [0.25, 0.3) is 0 Å². The lowest BCUT2D eigenvalue weighted by Crippen LogP contribution is -2.30. The van der Waals surface area contributed by atoms with E-state index >= 15 is 0 Å². The molecule has 2 bridgehead atoms. The van der Waals surface area contributed by atoms with Crippen LogP contribution in [0.2, 0.25) is 0 Å². The van der Waals surface area contributed by atoms with Crippen molar-refractivity contribution in [2.75, 3.05) is 0 Å². The van der Waals surface area contributed by atoms with Gasteiger partial charge >= 0.3 is 0 Å².